The molecule has 0 radical (unpaired) electrons. The highest BCUT2D eigenvalue weighted by atomic mass is 32.1. The van der Waals surface area contributed by atoms with Gasteiger partial charge in [-0.25, -0.2) is 9.37 Å². The van der Waals surface area contributed by atoms with Crippen molar-refractivity contribution in [3.05, 3.63) is 71.4 Å². The highest BCUT2D eigenvalue weighted by Gasteiger charge is 2.11. The minimum Gasteiger partial charge on any atom is -0.435 e. The molecule has 2 aromatic carbocycles. The Morgan fingerprint density at radius 3 is 2.83 bits per heavy atom. The first-order valence-corrected chi connectivity index (χ1v) is 8.08. The van der Waals surface area contributed by atoms with Crippen LogP contribution in [0.2, 0.25) is 0 Å². The average molecular weight is 338 g/mol. The first-order valence-electron chi connectivity index (χ1n) is 7.20. The molecular formula is C18H11FN2O2S. The third-order valence-corrected chi connectivity index (χ3v) is 4.32. The summed E-state index contributed by atoms with van der Waals surface area (Å²) in [5, 5.41) is 4.69. The van der Waals surface area contributed by atoms with Crippen LogP contribution >= 0.6 is 11.3 Å². The second kappa shape index (κ2) is 5.90. The summed E-state index contributed by atoms with van der Waals surface area (Å²) in [5.41, 5.74) is 2.12. The molecule has 0 fully saturated rings. The number of rotatable bonds is 3. The Morgan fingerprint density at radius 2 is 2.04 bits per heavy atom. The summed E-state index contributed by atoms with van der Waals surface area (Å²) < 4.78 is 18.9. The van der Waals surface area contributed by atoms with E-state index in [-0.39, 0.29) is 11.5 Å². The van der Waals surface area contributed by atoms with E-state index in [1.165, 1.54) is 18.2 Å². The van der Waals surface area contributed by atoms with Crippen molar-refractivity contribution < 1.29 is 13.6 Å². The van der Waals surface area contributed by atoms with Gasteiger partial charge in [-0.15, -0.1) is 11.3 Å². The van der Waals surface area contributed by atoms with Gasteiger partial charge < -0.3 is 9.73 Å². The Morgan fingerprint density at radius 1 is 1.12 bits per heavy atom. The molecule has 0 bridgehead atoms. The normalized spacial score (nSPS) is 10.9. The summed E-state index contributed by atoms with van der Waals surface area (Å²) in [7, 11) is 0. The number of oxazole rings is 1. The van der Waals surface area contributed by atoms with Gasteiger partial charge in [0.15, 0.2) is 5.58 Å². The number of hydrogen-bond acceptors (Lipinski definition) is 4. The highest BCUT2D eigenvalue weighted by Crippen LogP contribution is 2.29. The molecule has 0 aliphatic rings. The third-order valence-electron chi connectivity index (χ3n) is 3.46. The molecule has 0 aliphatic carbocycles. The summed E-state index contributed by atoms with van der Waals surface area (Å²) in [6.07, 6.45) is 0. The SMILES string of the molecule is O=C(Nc1ccc2oc(-c3cccs3)nc2c1)c1cccc(F)c1. The maximum atomic E-state index is 13.2. The van der Waals surface area contributed by atoms with Gasteiger partial charge in [0.2, 0.25) is 5.89 Å². The number of carbonyl (C=O) groups excluding carboxylic acids is 1. The van der Waals surface area contributed by atoms with Crippen molar-refractivity contribution in [3.8, 4) is 10.8 Å². The smallest absolute Gasteiger partial charge is 0.255 e. The van der Waals surface area contributed by atoms with Crippen LogP contribution < -0.4 is 5.32 Å². The Labute approximate surface area is 140 Å². The molecule has 0 saturated heterocycles. The second-order valence-corrected chi connectivity index (χ2v) is 6.09. The Balaban J connectivity index is 1.62. The maximum Gasteiger partial charge on any atom is 0.255 e. The average Bonchev–Trinajstić information content (AvgIpc) is 3.23. The number of aromatic nitrogens is 1. The molecule has 1 N–H and O–H groups in total. The van der Waals surface area contributed by atoms with E-state index < -0.39 is 5.82 Å². The minimum absolute atomic E-state index is 0.259. The second-order valence-electron chi connectivity index (χ2n) is 5.14. The monoisotopic (exact) mass is 338 g/mol. The fourth-order valence-electron chi connectivity index (χ4n) is 2.34. The van der Waals surface area contributed by atoms with Crippen LogP contribution in [0.3, 0.4) is 0 Å². The van der Waals surface area contributed by atoms with Crippen LogP contribution in [0.25, 0.3) is 21.9 Å². The summed E-state index contributed by atoms with van der Waals surface area (Å²) in [6, 6.07) is 14.6. The molecule has 0 aliphatic heterocycles. The van der Waals surface area contributed by atoms with E-state index in [1.54, 1.807) is 35.6 Å². The maximum absolute atomic E-state index is 13.2. The van der Waals surface area contributed by atoms with E-state index in [0.29, 0.717) is 22.7 Å². The van der Waals surface area contributed by atoms with Gasteiger partial charge in [-0.2, -0.15) is 0 Å². The number of anilines is 1. The van der Waals surface area contributed by atoms with Gasteiger partial charge in [0.25, 0.3) is 5.91 Å². The van der Waals surface area contributed by atoms with E-state index in [4.69, 9.17) is 4.42 Å². The molecule has 0 spiro atoms. The number of thiophene rings is 1. The van der Waals surface area contributed by atoms with Crippen molar-refractivity contribution in [3.63, 3.8) is 0 Å². The topological polar surface area (TPSA) is 55.1 Å². The first-order chi connectivity index (χ1) is 11.7. The molecule has 6 heteroatoms. The summed E-state index contributed by atoms with van der Waals surface area (Å²) in [5.74, 6) is -0.278. The molecule has 1 amide bonds. The van der Waals surface area contributed by atoms with Crippen LogP contribution in [0.5, 0.6) is 0 Å². The van der Waals surface area contributed by atoms with E-state index in [0.717, 1.165) is 4.88 Å². The van der Waals surface area contributed by atoms with Gasteiger partial charge in [0.1, 0.15) is 11.3 Å². The van der Waals surface area contributed by atoms with Gasteiger partial charge >= 0.3 is 0 Å². The van der Waals surface area contributed by atoms with E-state index in [9.17, 15) is 9.18 Å². The number of nitrogens with one attached hydrogen (secondary N) is 1. The zero-order chi connectivity index (χ0) is 16.5. The molecule has 0 unspecified atom stereocenters. The minimum atomic E-state index is -0.449. The Kier molecular flexibility index (Phi) is 3.59. The molecular weight excluding hydrogens is 327 g/mol. The number of amides is 1. The van der Waals surface area contributed by atoms with Crippen LogP contribution in [0, 0.1) is 5.82 Å². The summed E-state index contributed by atoms with van der Waals surface area (Å²) in [4.78, 5) is 17.6. The van der Waals surface area contributed by atoms with Crippen molar-refractivity contribution in [1.82, 2.24) is 4.98 Å². The fourth-order valence-corrected chi connectivity index (χ4v) is 2.99. The number of nitrogens with zero attached hydrogens (tertiary/aromatic N) is 1. The lowest BCUT2D eigenvalue weighted by Crippen LogP contribution is -2.11. The third kappa shape index (κ3) is 2.79. The highest BCUT2D eigenvalue weighted by molar-refractivity contribution is 7.13. The van der Waals surface area contributed by atoms with Crippen molar-refractivity contribution in [2.45, 2.75) is 0 Å². The molecule has 4 rings (SSSR count). The number of fused-ring (bicyclic) bond motifs is 1. The van der Waals surface area contributed by atoms with Crippen molar-refractivity contribution >= 4 is 34.0 Å². The van der Waals surface area contributed by atoms with E-state index in [1.807, 2.05) is 17.5 Å². The lowest BCUT2D eigenvalue weighted by molar-refractivity contribution is 0.102. The summed E-state index contributed by atoms with van der Waals surface area (Å²) in [6.45, 7) is 0. The van der Waals surface area contributed by atoms with Crippen molar-refractivity contribution in [2.24, 2.45) is 0 Å². The van der Waals surface area contributed by atoms with E-state index >= 15 is 0 Å². The predicted octanol–water partition coefficient (Wildman–Crippen LogP) is 4.95. The molecule has 2 aromatic heterocycles. The predicted molar refractivity (Wildman–Crippen MR) is 91.7 cm³/mol. The van der Waals surface area contributed by atoms with Crippen molar-refractivity contribution in [1.29, 1.82) is 0 Å². The van der Waals surface area contributed by atoms with E-state index in [2.05, 4.69) is 10.3 Å². The van der Waals surface area contributed by atoms with Crippen LogP contribution in [0.1, 0.15) is 10.4 Å². The van der Waals surface area contributed by atoms with Gasteiger partial charge in [-0.1, -0.05) is 12.1 Å². The molecule has 4 nitrogen and oxygen atoms in total. The zero-order valence-electron chi connectivity index (χ0n) is 12.3. The number of hydrogen-bond donors (Lipinski definition) is 1. The van der Waals surface area contributed by atoms with Crippen LogP contribution in [0.15, 0.2) is 64.4 Å². The van der Waals surface area contributed by atoms with Crippen molar-refractivity contribution in [2.75, 3.05) is 5.32 Å². The van der Waals surface area contributed by atoms with Gasteiger partial charge in [0.05, 0.1) is 4.88 Å². The summed E-state index contributed by atoms with van der Waals surface area (Å²) >= 11 is 1.54. The molecule has 4 aromatic rings. The first kappa shape index (κ1) is 14.6. The van der Waals surface area contributed by atoms with Crippen LogP contribution in [-0.4, -0.2) is 10.9 Å². The molecule has 118 valence electrons. The number of carbonyl (C=O) groups is 1. The number of benzene rings is 2. The van der Waals surface area contributed by atoms with Crippen LogP contribution in [0.4, 0.5) is 10.1 Å². The molecule has 0 atom stereocenters. The van der Waals surface area contributed by atoms with Gasteiger partial charge in [-0.3, -0.25) is 4.79 Å². The van der Waals surface area contributed by atoms with Gasteiger partial charge in [0, 0.05) is 11.3 Å². The molecule has 24 heavy (non-hydrogen) atoms. The standard InChI is InChI=1S/C18H11FN2O2S/c19-12-4-1-3-11(9-12)17(22)20-13-6-7-15-14(10-13)21-18(23-15)16-5-2-8-24-16/h1-10H,(H,20,22). The molecule has 2 heterocycles. The zero-order valence-corrected chi connectivity index (χ0v) is 13.1. The Bertz CT molecular complexity index is 1020. The largest absolute Gasteiger partial charge is 0.435 e. The Hall–Kier alpha value is -2.99. The molecule has 0 saturated carbocycles. The number of halogens is 1. The lowest BCUT2D eigenvalue weighted by Gasteiger charge is -2.04. The van der Waals surface area contributed by atoms with Crippen LogP contribution in [-0.2, 0) is 0 Å². The van der Waals surface area contributed by atoms with Gasteiger partial charge in [-0.05, 0) is 47.8 Å². The quantitative estimate of drug-likeness (QED) is 0.575. The lowest BCUT2D eigenvalue weighted by atomic mass is 10.2. The fraction of sp³-hybridized carbons (Fsp3) is 0.